The molecule has 0 aliphatic rings. The summed E-state index contributed by atoms with van der Waals surface area (Å²) >= 11 is 5.77. The van der Waals surface area contributed by atoms with Crippen molar-refractivity contribution in [3.8, 4) is 0 Å². The van der Waals surface area contributed by atoms with E-state index in [9.17, 15) is 4.79 Å². The van der Waals surface area contributed by atoms with Crippen LogP contribution in [0.4, 0.5) is 0 Å². The SMILES string of the molecule is O=C(O)Cc1nc2ccc(Cl)cc2[nH]1.[Na]. The number of fused-ring (bicyclic) bond motifs is 1. The molecule has 6 heteroatoms. The summed E-state index contributed by atoms with van der Waals surface area (Å²) in [7, 11) is 0. The second kappa shape index (κ2) is 4.99. The van der Waals surface area contributed by atoms with Gasteiger partial charge in [-0.1, -0.05) is 11.6 Å². The van der Waals surface area contributed by atoms with Crippen molar-refractivity contribution in [2.45, 2.75) is 6.42 Å². The van der Waals surface area contributed by atoms with Crippen molar-refractivity contribution in [2.24, 2.45) is 0 Å². The number of aliphatic carboxylic acids is 1. The predicted octanol–water partition coefficient (Wildman–Crippen LogP) is 1.46. The number of aromatic nitrogens is 2. The minimum atomic E-state index is -0.907. The summed E-state index contributed by atoms with van der Waals surface area (Å²) in [6.07, 6.45) is -0.105. The van der Waals surface area contributed by atoms with Gasteiger partial charge >= 0.3 is 5.97 Å². The third-order valence-electron chi connectivity index (χ3n) is 1.81. The Hall–Kier alpha value is -0.550. The molecule has 0 atom stereocenters. The molecule has 0 amide bonds. The second-order valence-corrected chi connectivity index (χ2v) is 3.35. The number of hydrogen-bond donors (Lipinski definition) is 2. The Kier molecular flexibility index (Phi) is 4.16. The Bertz CT molecular complexity index is 498. The first-order chi connectivity index (χ1) is 6.65. The van der Waals surface area contributed by atoms with Crippen molar-refractivity contribution >= 4 is 58.2 Å². The van der Waals surface area contributed by atoms with Gasteiger partial charge in [-0.3, -0.25) is 4.79 Å². The van der Waals surface area contributed by atoms with E-state index >= 15 is 0 Å². The van der Waals surface area contributed by atoms with E-state index < -0.39 is 5.97 Å². The Labute approximate surface area is 113 Å². The number of hydrogen-bond acceptors (Lipinski definition) is 2. The molecule has 0 aliphatic carbocycles. The molecule has 0 saturated carbocycles. The molecule has 15 heavy (non-hydrogen) atoms. The Morgan fingerprint density at radius 3 is 2.93 bits per heavy atom. The Balaban J connectivity index is 0.00000112. The van der Waals surface area contributed by atoms with Crippen LogP contribution in [0.25, 0.3) is 11.0 Å². The van der Waals surface area contributed by atoms with E-state index in [2.05, 4.69) is 9.97 Å². The standard InChI is InChI=1S/C9H7ClN2O2.Na/c10-5-1-2-6-7(3-5)12-8(11-6)4-9(13)14;/h1-3H,4H2,(H,11,12)(H,13,14);. The van der Waals surface area contributed by atoms with E-state index in [-0.39, 0.29) is 36.0 Å². The van der Waals surface area contributed by atoms with Gasteiger partial charge in [0.25, 0.3) is 0 Å². The molecule has 0 saturated heterocycles. The maximum Gasteiger partial charge on any atom is 0.311 e. The van der Waals surface area contributed by atoms with Crippen molar-refractivity contribution in [2.75, 3.05) is 0 Å². The second-order valence-electron chi connectivity index (χ2n) is 2.92. The van der Waals surface area contributed by atoms with Gasteiger partial charge in [-0.05, 0) is 18.2 Å². The van der Waals surface area contributed by atoms with E-state index in [1.54, 1.807) is 18.2 Å². The summed E-state index contributed by atoms with van der Waals surface area (Å²) in [6.45, 7) is 0. The number of aromatic amines is 1. The molecular formula is C9H7ClN2NaO2. The van der Waals surface area contributed by atoms with Gasteiger partial charge < -0.3 is 10.1 Å². The summed E-state index contributed by atoms with van der Waals surface area (Å²) in [4.78, 5) is 17.4. The quantitative estimate of drug-likeness (QED) is 0.772. The van der Waals surface area contributed by atoms with Crippen LogP contribution in [0, 0.1) is 0 Å². The van der Waals surface area contributed by atoms with Crippen LogP contribution in [0.15, 0.2) is 18.2 Å². The van der Waals surface area contributed by atoms with Crippen LogP contribution in [-0.2, 0) is 11.2 Å². The normalized spacial score (nSPS) is 9.93. The monoisotopic (exact) mass is 233 g/mol. The number of benzene rings is 1. The third-order valence-corrected chi connectivity index (χ3v) is 2.05. The molecule has 2 rings (SSSR count). The van der Waals surface area contributed by atoms with Crippen LogP contribution in [0.3, 0.4) is 0 Å². The van der Waals surface area contributed by atoms with Crippen LogP contribution in [0.1, 0.15) is 5.82 Å². The molecule has 0 spiro atoms. The van der Waals surface area contributed by atoms with E-state index in [1.165, 1.54) is 0 Å². The smallest absolute Gasteiger partial charge is 0.311 e. The topological polar surface area (TPSA) is 66.0 Å². The fraction of sp³-hybridized carbons (Fsp3) is 0.111. The molecule has 0 bridgehead atoms. The van der Waals surface area contributed by atoms with E-state index in [4.69, 9.17) is 16.7 Å². The number of carbonyl (C=O) groups is 1. The first kappa shape index (κ1) is 12.5. The van der Waals surface area contributed by atoms with Gasteiger partial charge in [0.05, 0.1) is 11.0 Å². The molecule has 2 N–H and O–H groups in total. The molecular weight excluding hydrogens is 227 g/mol. The van der Waals surface area contributed by atoms with Crippen LogP contribution in [0.5, 0.6) is 0 Å². The number of H-pyrrole nitrogens is 1. The molecule has 73 valence electrons. The van der Waals surface area contributed by atoms with Crippen molar-refractivity contribution in [1.29, 1.82) is 0 Å². The minimum Gasteiger partial charge on any atom is -0.481 e. The van der Waals surface area contributed by atoms with Crippen molar-refractivity contribution in [3.63, 3.8) is 0 Å². The molecule has 2 aromatic rings. The van der Waals surface area contributed by atoms with E-state index in [1.807, 2.05) is 0 Å². The first-order valence-corrected chi connectivity index (χ1v) is 4.39. The zero-order chi connectivity index (χ0) is 10.1. The third kappa shape index (κ3) is 2.95. The number of halogens is 1. The predicted molar refractivity (Wildman–Crippen MR) is 58.2 cm³/mol. The number of rotatable bonds is 2. The van der Waals surface area contributed by atoms with Crippen LogP contribution < -0.4 is 0 Å². The van der Waals surface area contributed by atoms with Gasteiger partial charge in [-0.2, -0.15) is 0 Å². The number of carboxylic acid groups (broad SMARTS) is 1. The number of nitrogens with one attached hydrogen (secondary N) is 1. The molecule has 1 aromatic heterocycles. The number of imidazole rings is 1. The van der Waals surface area contributed by atoms with Crippen molar-refractivity contribution < 1.29 is 9.90 Å². The fourth-order valence-electron chi connectivity index (χ4n) is 1.26. The van der Waals surface area contributed by atoms with E-state index in [0.717, 1.165) is 11.0 Å². The van der Waals surface area contributed by atoms with Crippen molar-refractivity contribution in [1.82, 2.24) is 9.97 Å². The molecule has 0 aliphatic heterocycles. The molecule has 1 radical (unpaired) electrons. The van der Waals surface area contributed by atoms with Gasteiger partial charge in [-0.15, -0.1) is 0 Å². The molecule has 4 nitrogen and oxygen atoms in total. The van der Waals surface area contributed by atoms with Gasteiger partial charge in [0, 0.05) is 34.6 Å². The van der Waals surface area contributed by atoms with Crippen LogP contribution >= 0.6 is 11.6 Å². The summed E-state index contributed by atoms with van der Waals surface area (Å²) in [6, 6.07) is 5.18. The number of carboxylic acids is 1. The number of nitrogens with zero attached hydrogens (tertiary/aromatic N) is 1. The summed E-state index contributed by atoms with van der Waals surface area (Å²) < 4.78 is 0. The maximum absolute atomic E-state index is 10.4. The zero-order valence-corrected chi connectivity index (χ0v) is 10.9. The fourth-order valence-corrected chi connectivity index (χ4v) is 1.43. The van der Waals surface area contributed by atoms with Crippen LogP contribution in [0.2, 0.25) is 5.02 Å². The van der Waals surface area contributed by atoms with Gasteiger partial charge in [0.1, 0.15) is 12.2 Å². The van der Waals surface area contributed by atoms with Gasteiger partial charge in [0.15, 0.2) is 0 Å². The minimum absolute atomic E-state index is 0. The summed E-state index contributed by atoms with van der Waals surface area (Å²) in [5.41, 5.74) is 1.49. The average Bonchev–Trinajstić information content (AvgIpc) is 2.44. The average molecular weight is 234 g/mol. The Morgan fingerprint density at radius 1 is 1.53 bits per heavy atom. The van der Waals surface area contributed by atoms with Crippen molar-refractivity contribution in [3.05, 3.63) is 29.0 Å². The van der Waals surface area contributed by atoms with Gasteiger partial charge in [0.2, 0.25) is 0 Å². The Morgan fingerprint density at radius 2 is 2.27 bits per heavy atom. The molecule has 1 heterocycles. The maximum atomic E-state index is 10.4. The van der Waals surface area contributed by atoms with Gasteiger partial charge in [-0.25, -0.2) is 4.98 Å². The molecule has 0 unspecified atom stereocenters. The molecule has 1 aromatic carbocycles. The molecule has 0 fully saturated rings. The summed E-state index contributed by atoms with van der Waals surface area (Å²) in [5, 5.41) is 9.16. The zero-order valence-electron chi connectivity index (χ0n) is 8.12. The summed E-state index contributed by atoms with van der Waals surface area (Å²) in [5.74, 6) is -0.468. The van der Waals surface area contributed by atoms with Crippen LogP contribution in [-0.4, -0.2) is 50.6 Å². The van der Waals surface area contributed by atoms with E-state index in [0.29, 0.717) is 10.8 Å². The largest absolute Gasteiger partial charge is 0.481 e. The first-order valence-electron chi connectivity index (χ1n) is 4.01.